The maximum Gasteiger partial charge on any atom is 0.336 e. The topological polar surface area (TPSA) is 71.1 Å². The Bertz CT molecular complexity index is 944. The summed E-state index contributed by atoms with van der Waals surface area (Å²) in [6.45, 7) is 7.87. The lowest BCUT2D eigenvalue weighted by molar-refractivity contribution is -0.144. The molecule has 182 valence electrons. The summed E-state index contributed by atoms with van der Waals surface area (Å²) < 4.78 is 21.6. The third-order valence-electron chi connectivity index (χ3n) is 5.09. The molecule has 0 N–H and O–H groups in total. The Balaban J connectivity index is 1.65. The van der Waals surface area contributed by atoms with Gasteiger partial charge in [0.15, 0.2) is 0 Å². The number of hydrogen-bond acceptors (Lipinski definition) is 6. The number of carbonyl (C=O) groups excluding carboxylic acids is 2. The summed E-state index contributed by atoms with van der Waals surface area (Å²) in [4.78, 5) is 23.7. The highest BCUT2D eigenvalue weighted by atomic mass is 16.5. The summed E-state index contributed by atoms with van der Waals surface area (Å²) >= 11 is 0. The number of carbonyl (C=O) groups is 2. The highest BCUT2D eigenvalue weighted by Crippen LogP contribution is 2.19. The van der Waals surface area contributed by atoms with Gasteiger partial charge in [-0.1, -0.05) is 25.6 Å². The maximum atomic E-state index is 12.0. The van der Waals surface area contributed by atoms with E-state index in [1.807, 2.05) is 31.2 Å². The van der Waals surface area contributed by atoms with Crippen LogP contribution in [-0.4, -0.2) is 31.8 Å². The van der Waals surface area contributed by atoms with Gasteiger partial charge in [-0.2, -0.15) is 0 Å². The van der Waals surface area contributed by atoms with E-state index in [9.17, 15) is 9.59 Å². The SMILES string of the molecule is C=C(C)C(=O)OC(CC)CCCCCOc1ccc(OC(=O)/C=C/c2ccc(OC)cc2)cc1. The van der Waals surface area contributed by atoms with Crippen LogP contribution in [0.2, 0.25) is 0 Å². The van der Waals surface area contributed by atoms with Crippen molar-refractivity contribution < 1.29 is 28.5 Å². The van der Waals surface area contributed by atoms with Crippen LogP contribution in [0.15, 0.2) is 66.8 Å². The first-order valence-corrected chi connectivity index (χ1v) is 11.5. The Morgan fingerprint density at radius 2 is 1.59 bits per heavy atom. The quantitative estimate of drug-likeness (QED) is 0.144. The number of benzene rings is 2. The Labute approximate surface area is 202 Å². The standard InChI is InChI=1S/C28H34O6/c1-5-23(34-28(30)21(2)3)9-7-6-8-20-32-25-15-17-26(18-16-25)33-27(29)19-12-22-10-13-24(31-4)14-11-22/h10-19,23H,2,5-9,20H2,1,3-4H3/b19-12+. The van der Waals surface area contributed by atoms with Crippen molar-refractivity contribution in [3.05, 3.63) is 72.3 Å². The van der Waals surface area contributed by atoms with Gasteiger partial charge in [0.05, 0.1) is 13.7 Å². The lowest BCUT2D eigenvalue weighted by atomic mass is 10.1. The van der Waals surface area contributed by atoms with Crippen molar-refractivity contribution in [3.63, 3.8) is 0 Å². The molecule has 1 unspecified atom stereocenters. The zero-order chi connectivity index (χ0) is 24.8. The van der Waals surface area contributed by atoms with Crippen molar-refractivity contribution in [2.24, 2.45) is 0 Å². The predicted octanol–water partition coefficient (Wildman–Crippen LogP) is 6.15. The molecule has 0 heterocycles. The van der Waals surface area contributed by atoms with Crippen LogP contribution in [-0.2, 0) is 14.3 Å². The zero-order valence-electron chi connectivity index (χ0n) is 20.3. The Morgan fingerprint density at radius 1 is 0.941 bits per heavy atom. The van der Waals surface area contributed by atoms with Gasteiger partial charge in [-0.25, -0.2) is 9.59 Å². The van der Waals surface area contributed by atoms with Crippen LogP contribution in [0, 0.1) is 0 Å². The summed E-state index contributed by atoms with van der Waals surface area (Å²) in [7, 11) is 1.61. The molecule has 0 bridgehead atoms. The summed E-state index contributed by atoms with van der Waals surface area (Å²) in [5.41, 5.74) is 1.30. The van der Waals surface area contributed by atoms with E-state index >= 15 is 0 Å². The van der Waals surface area contributed by atoms with Crippen molar-refractivity contribution in [1.82, 2.24) is 0 Å². The fraction of sp³-hybridized carbons (Fsp3) is 0.357. The van der Waals surface area contributed by atoms with Gasteiger partial charge in [0.25, 0.3) is 0 Å². The third-order valence-corrected chi connectivity index (χ3v) is 5.09. The number of hydrogen-bond donors (Lipinski definition) is 0. The third kappa shape index (κ3) is 9.94. The molecule has 0 aliphatic carbocycles. The number of unbranched alkanes of at least 4 members (excludes halogenated alkanes) is 2. The van der Waals surface area contributed by atoms with E-state index in [0.29, 0.717) is 17.9 Å². The van der Waals surface area contributed by atoms with Gasteiger partial charge in [-0.05, 0) is 87.1 Å². The second-order valence-corrected chi connectivity index (χ2v) is 7.91. The summed E-state index contributed by atoms with van der Waals surface area (Å²) in [5, 5.41) is 0. The van der Waals surface area contributed by atoms with Crippen molar-refractivity contribution in [2.45, 2.75) is 52.1 Å². The van der Waals surface area contributed by atoms with Crippen LogP contribution in [0.4, 0.5) is 0 Å². The number of rotatable bonds is 14. The largest absolute Gasteiger partial charge is 0.497 e. The molecule has 2 aromatic rings. The molecule has 0 aromatic heterocycles. The van der Waals surface area contributed by atoms with E-state index in [0.717, 1.165) is 49.2 Å². The van der Waals surface area contributed by atoms with E-state index < -0.39 is 5.97 Å². The minimum atomic E-state index is -0.455. The molecule has 0 radical (unpaired) electrons. The molecule has 0 aliphatic rings. The molecular formula is C28H34O6. The second kappa shape index (κ2) is 14.6. The van der Waals surface area contributed by atoms with Gasteiger partial charge in [-0.15, -0.1) is 0 Å². The number of methoxy groups -OCH3 is 1. The average Bonchev–Trinajstić information content (AvgIpc) is 2.85. The van der Waals surface area contributed by atoms with Gasteiger partial charge in [-0.3, -0.25) is 0 Å². The molecule has 0 saturated carbocycles. The van der Waals surface area contributed by atoms with Gasteiger partial charge < -0.3 is 18.9 Å². The van der Waals surface area contributed by atoms with E-state index in [-0.39, 0.29) is 12.1 Å². The molecular weight excluding hydrogens is 432 g/mol. The second-order valence-electron chi connectivity index (χ2n) is 7.91. The molecule has 1 atom stereocenters. The molecule has 0 amide bonds. The number of ether oxygens (including phenoxy) is 4. The van der Waals surface area contributed by atoms with E-state index in [1.165, 1.54) is 6.08 Å². The first-order chi connectivity index (χ1) is 16.4. The summed E-state index contributed by atoms with van der Waals surface area (Å²) in [5.74, 6) is 1.15. The highest BCUT2D eigenvalue weighted by Gasteiger charge is 2.12. The molecule has 0 aliphatic heterocycles. The lowest BCUT2D eigenvalue weighted by Gasteiger charge is -2.16. The average molecular weight is 467 g/mol. The van der Waals surface area contributed by atoms with Crippen LogP contribution in [0.3, 0.4) is 0 Å². The van der Waals surface area contributed by atoms with Crippen molar-refractivity contribution in [1.29, 1.82) is 0 Å². The van der Waals surface area contributed by atoms with Crippen LogP contribution in [0.5, 0.6) is 17.2 Å². The van der Waals surface area contributed by atoms with E-state index in [4.69, 9.17) is 18.9 Å². The minimum absolute atomic E-state index is 0.0635. The van der Waals surface area contributed by atoms with Crippen molar-refractivity contribution in [3.8, 4) is 17.2 Å². The Kier molecular flexibility index (Phi) is 11.5. The number of esters is 2. The van der Waals surface area contributed by atoms with Gasteiger partial charge >= 0.3 is 11.9 Å². The fourth-order valence-electron chi connectivity index (χ4n) is 3.07. The van der Waals surface area contributed by atoms with Crippen LogP contribution >= 0.6 is 0 Å². The summed E-state index contributed by atoms with van der Waals surface area (Å²) in [6, 6.07) is 14.3. The predicted molar refractivity (Wildman–Crippen MR) is 133 cm³/mol. The Morgan fingerprint density at radius 3 is 2.21 bits per heavy atom. The monoisotopic (exact) mass is 466 g/mol. The highest BCUT2D eigenvalue weighted by molar-refractivity contribution is 5.88. The van der Waals surface area contributed by atoms with Gasteiger partial charge in [0.2, 0.25) is 0 Å². The fourth-order valence-corrected chi connectivity index (χ4v) is 3.07. The summed E-state index contributed by atoms with van der Waals surface area (Å²) in [6.07, 6.45) is 7.48. The Hall–Kier alpha value is -3.54. The molecule has 6 nitrogen and oxygen atoms in total. The molecule has 34 heavy (non-hydrogen) atoms. The van der Waals surface area contributed by atoms with Crippen LogP contribution in [0.1, 0.15) is 51.5 Å². The molecule has 2 aromatic carbocycles. The smallest absolute Gasteiger partial charge is 0.336 e. The van der Waals surface area contributed by atoms with Crippen LogP contribution in [0.25, 0.3) is 6.08 Å². The lowest BCUT2D eigenvalue weighted by Crippen LogP contribution is -2.17. The van der Waals surface area contributed by atoms with Crippen LogP contribution < -0.4 is 14.2 Å². The van der Waals surface area contributed by atoms with Gasteiger partial charge in [0.1, 0.15) is 23.4 Å². The first-order valence-electron chi connectivity index (χ1n) is 11.5. The zero-order valence-corrected chi connectivity index (χ0v) is 20.3. The molecule has 6 heteroatoms. The van der Waals surface area contributed by atoms with Crippen molar-refractivity contribution in [2.75, 3.05) is 13.7 Å². The first kappa shape index (κ1) is 26.7. The molecule has 0 saturated heterocycles. The van der Waals surface area contributed by atoms with E-state index in [1.54, 1.807) is 44.4 Å². The van der Waals surface area contributed by atoms with Gasteiger partial charge in [0, 0.05) is 11.6 Å². The minimum Gasteiger partial charge on any atom is -0.497 e. The normalized spacial score (nSPS) is 11.6. The van der Waals surface area contributed by atoms with E-state index in [2.05, 4.69) is 6.58 Å². The maximum absolute atomic E-state index is 12.0. The molecule has 0 fully saturated rings. The van der Waals surface area contributed by atoms with Crippen molar-refractivity contribution >= 4 is 18.0 Å². The molecule has 0 spiro atoms. The molecule has 2 rings (SSSR count).